The number of hydrogen-bond donors (Lipinski definition) is 1. The average Bonchev–Trinajstić information content (AvgIpc) is 3.28. The number of ether oxygens (including phenoxy) is 2. The summed E-state index contributed by atoms with van der Waals surface area (Å²) in [6.07, 6.45) is 4.37. The molecule has 1 aromatic carbocycles. The number of aryl methyl sites for hydroxylation is 1. The van der Waals surface area contributed by atoms with Gasteiger partial charge in [-0.05, 0) is 42.8 Å². The average molecular weight is 463 g/mol. The second-order valence-corrected chi connectivity index (χ2v) is 7.48. The number of imidazole rings is 1. The first-order valence-electron chi connectivity index (χ1n) is 10.2. The highest BCUT2D eigenvalue weighted by Crippen LogP contribution is 2.27. The highest BCUT2D eigenvalue weighted by molar-refractivity contribution is 6.06. The van der Waals surface area contributed by atoms with Crippen molar-refractivity contribution in [1.29, 1.82) is 0 Å². The summed E-state index contributed by atoms with van der Waals surface area (Å²) in [5.41, 5.74) is 3.87. The molecule has 0 spiro atoms. The van der Waals surface area contributed by atoms with Gasteiger partial charge < -0.3 is 14.4 Å². The minimum Gasteiger partial charge on any atom is -0.494 e. The number of benzene rings is 1. The highest BCUT2D eigenvalue weighted by Gasteiger charge is 2.19. The number of pyridine rings is 2. The zero-order valence-electron chi connectivity index (χ0n) is 19.0. The van der Waals surface area contributed by atoms with E-state index in [0.717, 1.165) is 16.8 Å². The number of methoxy groups -OCH3 is 2. The van der Waals surface area contributed by atoms with Gasteiger partial charge in [-0.1, -0.05) is 0 Å². The Kier molecular flexibility index (Phi) is 6.13. The Bertz CT molecular complexity index is 1380. The lowest BCUT2D eigenvalue weighted by atomic mass is 10.1. The van der Waals surface area contributed by atoms with E-state index in [2.05, 4.69) is 20.0 Å². The minimum absolute atomic E-state index is 0.0540. The first kappa shape index (κ1) is 22.7. The molecule has 0 fully saturated rings. The fraction of sp³-hybridized carbons (Fsp3) is 0.167. The molecular formula is C24H22FN5O4. The summed E-state index contributed by atoms with van der Waals surface area (Å²) in [7, 11) is 4.25. The fourth-order valence-electron chi connectivity index (χ4n) is 3.53. The van der Waals surface area contributed by atoms with Crippen LogP contribution in [0.15, 0.2) is 55.0 Å². The van der Waals surface area contributed by atoms with Gasteiger partial charge in [-0.3, -0.25) is 14.5 Å². The number of carbonyl (C=O) groups excluding carboxylic acids is 2. The van der Waals surface area contributed by atoms with Crippen molar-refractivity contribution in [3.05, 3.63) is 71.9 Å². The van der Waals surface area contributed by atoms with E-state index >= 15 is 0 Å². The Morgan fingerprint density at radius 3 is 2.56 bits per heavy atom. The van der Waals surface area contributed by atoms with Gasteiger partial charge in [-0.2, -0.15) is 0 Å². The quantitative estimate of drug-likeness (QED) is 0.474. The van der Waals surface area contributed by atoms with Crippen LogP contribution in [0, 0.1) is 12.7 Å². The third-order valence-corrected chi connectivity index (χ3v) is 5.34. The maximum absolute atomic E-state index is 13.8. The van der Waals surface area contributed by atoms with Crippen LogP contribution in [-0.4, -0.2) is 47.6 Å². The Labute approximate surface area is 194 Å². The predicted octanol–water partition coefficient (Wildman–Crippen LogP) is 4.31. The normalized spacial score (nSPS) is 10.7. The molecular weight excluding hydrogens is 441 g/mol. The summed E-state index contributed by atoms with van der Waals surface area (Å²) < 4.78 is 25.2. The van der Waals surface area contributed by atoms with E-state index in [1.807, 2.05) is 11.3 Å². The van der Waals surface area contributed by atoms with Crippen molar-refractivity contribution in [2.45, 2.75) is 6.92 Å². The van der Waals surface area contributed by atoms with Crippen molar-refractivity contribution in [1.82, 2.24) is 14.4 Å². The van der Waals surface area contributed by atoms with Gasteiger partial charge >= 0.3 is 6.09 Å². The van der Waals surface area contributed by atoms with Crippen LogP contribution in [0.25, 0.3) is 16.9 Å². The second kappa shape index (κ2) is 9.18. The van der Waals surface area contributed by atoms with Gasteiger partial charge in [0.15, 0.2) is 11.6 Å². The molecule has 3 aromatic heterocycles. The van der Waals surface area contributed by atoms with E-state index in [9.17, 15) is 14.0 Å². The maximum Gasteiger partial charge on any atom is 0.412 e. The SMILES string of the molecule is COC(=O)Nc1ccc(-c2cnc3c(C)cc(C(=O)N(C)c4ccc(F)c(OC)c4)cn23)cn1. The number of hydrogen-bond acceptors (Lipinski definition) is 6. The number of aromatic nitrogens is 3. The number of carbonyl (C=O) groups is 2. The zero-order chi connectivity index (χ0) is 24.4. The van der Waals surface area contributed by atoms with Gasteiger partial charge in [-0.25, -0.2) is 19.2 Å². The summed E-state index contributed by atoms with van der Waals surface area (Å²) in [6, 6.07) is 9.42. The van der Waals surface area contributed by atoms with Gasteiger partial charge in [0, 0.05) is 36.8 Å². The minimum atomic E-state index is -0.614. The molecule has 3 heterocycles. The zero-order valence-corrected chi connectivity index (χ0v) is 19.0. The second-order valence-electron chi connectivity index (χ2n) is 7.48. The molecule has 0 saturated carbocycles. The number of halogens is 1. The molecule has 4 aromatic rings. The van der Waals surface area contributed by atoms with Crippen LogP contribution in [0.5, 0.6) is 5.75 Å². The van der Waals surface area contributed by atoms with Crippen molar-refractivity contribution >= 4 is 29.2 Å². The van der Waals surface area contributed by atoms with Crippen LogP contribution in [0.2, 0.25) is 0 Å². The molecule has 174 valence electrons. The number of fused-ring (bicyclic) bond motifs is 1. The Morgan fingerprint density at radius 2 is 1.88 bits per heavy atom. The van der Waals surface area contributed by atoms with E-state index in [-0.39, 0.29) is 11.7 Å². The summed E-state index contributed by atoms with van der Waals surface area (Å²) in [4.78, 5) is 34.8. The lowest BCUT2D eigenvalue weighted by molar-refractivity contribution is 0.0992. The standard InChI is InChI=1S/C24H22FN5O4/c1-14-9-16(23(31)29(2)17-6-7-18(25)20(10-17)33-3)13-30-19(12-27-22(14)30)15-5-8-21(26-11-15)28-24(32)34-4/h5-13H,1-4H3,(H,26,28,32). The molecule has 10 heteroatoms. The first-order valence-corrected chi connectivity index (χ1v) is 10.2. The van der Waals surface area contributed by atoms with Crippen LogP contribution in [0.4, 0.5) is 20.7 Å². The van der Waals surface area contributed by atoms with E-state index in [1.54, 1.807) is 43.8 Å². The van der Waals surface area contributed by atoms with Crippen LogP contribution >= 0.6 is 0 Å². The third-order valence-electron chi connectivity index (χ3n) is 5.34. The number of amides is 2. The molecule has 2 amide bonds. The lowest BCUT2D eigenvalue weighted by Crippen LogP contribution is -2.26. The predicted molar refractivity (Wildman–Crippen MR) is 125 cm³/mol. The van der Waals surface area contributed by atoms with Crippen molar-refractivity contribution in [3.8, 4) is 17.0 Å². The number of rotatable bonds is 5. The molecule has 0 unspecified atom stereocenters. The van der Waals surface area contributed by atoms with Crippen LogP contribution in [-0.2, 0) is 4.74 Å². The molecule has 0 saturated heterocycles. The molecule has 1 N–H and O–H groups in total. The van der Waals surface area contributed by atoms with Gasteiger partial charge in [0.1, 0.15) is 11.5 Å². The van der Waals surface area contributed by atoms with Crippen LogP contribution < -0.4 is 15.0 Å². The number of anilines is 2. The Hall–Kier alpha value is -4.47. The van der Waals surface area contributed by atoms with Crippen LogP contribution in [0.3, 0.4) is 0 Å². The Morgan fingerprint density at radius 1 is 1.09 bits per heavy atom. The van der Waals surface area contributed by atoms with Gasteiger partial charge in [0.2, 0.25) is 0 Å². The monoisotopic (exact) mass is 463 g/mol. The molecule has 34 heavy (non-hydrogen) atoms. The molecule has 4 rings (SSSR count). The molecule has 0 atom stereocenters. The van der Waals surface area contributed by atoms with Crippen LogP contribution in [0.1, 0.15) is 15.9 Å². The molecule has 0 radical (unpaired) electrons. The Balaban J connectivity index is 1.69. The summed E-state index contributed by atoms with van der Waals surface area (Å²) >= 11 is 0. The molecule has 0 bridgehead atoms. The summed E-state index contributed by atoms with van der Waals surface area (Å²) in [6.45, 7) is 1.87. The smallest absolute Gasteiger partial charge is 0.412 e. The van der Waals surface area contributed by atoms with Gasteiger partial charge in [0.25, 0.3) is 5.91 Å². The molecule has 0 aliphatic heterocycles. The first-order chi connectivity index (χ1) is 16.3. The topological polar surface area (TPSA) is 98.1 Å². The van der Waals surface area contributed by atoms with Gasteiger partial charge in [-0.15, -0.1) is 0 Å². The van der Waals surface area contributed by atoms with E-state index in [0.29, 0.717) is 22.7 Å². The maximum atomic E-state index is 13.8. The highest BCUT2D eigenvalue weighted by atomic mass is 19.1. The largest absolute Gasteiger partial charge is 0.494 e. The van der Waals surface area contributed by atoms with E-state index in [4.69, 9.17) is 4.74 Å². The fourth-order valence-corrected chi connectivity index (χ4v) is 3.53. The van der Waals surface area contributed by atoms with Crippen molar-refractivity contribution in [3.63, 3.8) is 0 Å². The number of nitrogens with zero attached hydrogens (tertiary/aromatic N) is 4. The lowest BCUT2D eigenvalue weighted by Gasteiger charge is -2.19. The van der Waals surface area contributed by atoms with E-state index in [1.165, 1.54) is 37.3 Å². The third kappa shape index (κ3) is 4.25. The van der Waals surface area contributed by atoms with Crippen molar-refractivity contribution in [2.24, 2.45) is 0 Å². The van der Waals surface area contributed by atoms with Crippen molar-refractivity contribution in [2.75, 3.05) is 31.5 Å². The summed E-state index contributed by atoms with van der Waals surface area (Å²) in [5.74, 6) is -0.394. The molecule has 0 aliphatic carbocycles. The van der Waals surface area contributed by atoms with Crippen molar-refractivity contribution < 1.29 is 23.5 Å². The molecule has 0 aliphatic rings. The van der Waals surface area contributed by atoms with E-state index < -0.39 is 11.9 Å². The summed E-state index contributed by atoms with van der Waals surface area (Å²) in [5, 5.41) is 2.50. The number of nitrogens with one attached hydrogen (secondary N) is 1. The van der Waals surface area contributed by atoms with Gasteiger partial charge in [0.05, 0.1) is 31.7 Å². The molecule has 9 nitrogen and oxygen atoms in total.